The molecule has 480 valence electrons. The number of ether oxygens (including phenoxy) is 4. The molecule has 0 atom stereocenters. The average molecular weight is 1240 g/mol. The van der Waals surface area contributed by atoms with Crippen molar-refractivity contribution in [3.8, 4) is 12.0 Å². The van der Waals surface area contributed by atoms with Gasteiger partial charge in [-0.05, 0) is 114 Å². The Kier molecular flexibility index (Phi) is 23.0. The molecule has 2 fully saturated rings. The maximum atomic E-state index is 12.2. The molecule has 2 aromatic carbocycles. The first-order valence-corrected chi connectivity index (χ1v) is 40.3. The number of hydrogen-bond donors (Lipinski definition) is 0. The van der Waals surface area contributed by atoms with E-state index in [4.69, 9.17) is 49.1 Å². The van der Waals surface area contributed by atoms with Crippen LogP contribution in [-0.4, -0.2) is 194 Å². The van der Waals surface area contributed by atoms with E-state index in [1.54, 1.807) is 0 Å². The van der Waals surface area contributed by atoms with Crippen molar-refractivity contribution in [2.45, 2.75) is 152 Å². The van der Waals surface area contributed by atoms with Crippen LogP contribution in [-0.2, 0) is 53.7 Å². The molecule has 4 aliphatic heterocycles. The van der Waals surface area contributed by atoms with E-state index >= 15 is 0 Å². The molecular formula is C66H103N15O5Si2. The minimum atomic E-state index is -1.15. The molecule has 20 nitrogen and oxygen atoms in total. The minimum absolute atomic E-state index is 0.0218. The number of anilines is 4. The summed E-state index contributed by atoms with van der Waals surface area (Å²) in [5.41, 5.74) is 11.7. The fourth-order valence-electron chi connectivity index (χ4n) is 12.4. The topological polar surface area (TPSA) is 164 Å². The van der Waals surface area contributed by atoms with Gasteiger partial charge in [-0.1, -0.05) is 85.7 Å². The van der Waals surface area contributed by atoms with E-state index in [2.05, 4.69) is 141 Å². The van der Waals surface area contributed by atoms with Crippen molar-refractivity contribution in [1.82, 2.24) is 54.2 Å². The summed E-state index contributed by atoms with van der Waals surface area (Å²) >= 11 is 0. The Labute approximate surface area is 526 Å². The highest BCUT2D eigenvalue weighted by Gasteiger charge is 2.32. The Hall–Kier alpha value is -6.18. The van der Waals surface area contributed by atoms with E-state index in [1.165, 1.54) is 64.4 Å². The second-order valence-corrected chi connectivity index (χ2v) is 37.7. The van der Waals surface area contributed by atoms with Gasteiger partial charge in [0.2, 0.25) is 5.91 Å². The van der Waals surface area contributed by atoms with Crippen LogP contribution in [0.4, 0.5) is 23.0 Å². The zero-order valence-electron chi connectivity index (χ0n) is 55.5. The molecule has 0 N–H and O–H groups in total. The number of carbonyl (C=O) groups excluding carboxylic acids is 1. The molecular weight excluding hydrogens is 1140 g/mol. The van der Waals surface area contributed by atoms with Crippen LogP contribution in [0.1, 0.15) is 80.6 Å². The summed E-state index contributed by atoms with van der Waals surface area (Å²) in [6, 6.07) is 12.0. The Bertz CT molecular complexity index is 3270. The Morgan fingerprint density at radius 2 is 0.989 bits per heavy atom. The fourth-order valence-corrected chi connectivity index (χ4v) is 13.9. The Morgan fingerprint density at radius 1 is 0.557 bits per heavy atom. The summed E-state index contributed by atoms with van der Waals surface area (Å²) in [5, 5.41) is 11.8. The first-order chi connectivity index (χ1) is 42.4. The quantitative estimate of drug-likeness (QED) is 0.0272. The number of piperazine rings is 1. The van der Waals surface area contributed by atoms with Crippen molar-refractivity contribution >= 4 is 66.9 Å². The van der Waals surface area contributed by atoms with Gasteiger partial charge >= 0.3 is 12.0 Å². The van der Waals surface area contributed by atoms with Crippen LogP contribution in [0, 0.1) is 13.8 Å². The second-order valence-electron chi connectivity index (χ2n) is 26.5. The molecule has 0 radical (unpaired) electrons. The number of benzene rings is 2. The molecule has 0 unspecified atom stereocenters. The van der Waals surface area contributed by atoms with Crippen LogP contribution in [0.2, 0.25) is 51.4 Å². The Morgan fingerprint density at radius 3 is 1.40 bits per heavy atom. The SMILES string of the molecule is C=CC(=O)N1CCN(c2nc(OCCN(CC)CC)nc3c2CCN(c2c(C)ccc4c2cnn4COCC[Si](C)(C)C)C3)CC1.CCN(CC)CCOc1nc2c(c(N3CCCCC3)n1)CCN(c1c(C)ccc3c1cnn3COCC[Si](C)(C)C)C2. The molecule has 2 saturated heterocycles. The zero-order valence-corrected chi connectivity index (χ0v) is 57.5. The van der Waals surface area contributed by atoms with Gasteiger partial charge in [0.15, 0.2) is 0 Å². The largest absolute Gasteiger partial charge is 0.462 e. The third kappa shape index (κ3) is 16.8. The van der Waals surface area contributed by atoms with Crippen LogP contribution < -0.4 is 29.1 Å². The molecule has 4 aliphatic rings. The van der Waals surface area contributed by atoms with Gasteiger partial charge in [-0.25, -0.2) is 9.36 Å². The molecule has 8 heterocycles. The van der Waals surface area contributed by atoms with Gasteiger partial charge in [-0.15, -0.1) is 0 Å². The minimum Gasteiger partial charge on any atom is -0.462 e. The summed E-state index contributed by atoms with van der Waals surface area (Å²) < 4.78 is 28.5. The monoisotopic (exact) mass is 1240 g/mol. The summed E-state index contributed by atoms with van der Waals surface area (Å²) in [7, 11) is -2.27. The van der Waals surface area contributed by atoms with Crippen LogP contribution >= 0.6 is 0 Å². The van der Waals surface area contributed by atoms with Crippen LogP contribution in [0.25, 0.3) is 21.8 Å². The highest BCUT2D eigenvalue weighted by atomic mass is 28.3. The van der Waals surface area contributed by atoms with Crippen LogP contribution in [0.5, 0.6) is 12.0 Å². The van der Waals surface area contributed by atoms with Crippen molar-refractivity contribution in [3.05, 3.63) is 83.0 Å². The molecule has 4 aromatic heterocycles. The van der Waals surface area contributed by atoms with Gasteiger partial charge in [0.05, 0.1) is 59.3 Å². The van der Waals surface area contributed by atoms with E-state index in [9.17, 15) is 4.79 Å². The standard InChI is InChI=1S/C34H52N8O3Si.C32H51N7O2Si/c1-8-31(43)39-15-17-40(18-16-39)33-27-13-14-41(24-29(27)36-34(37-33)45-20-19-38(9-2)10-3)32-26(4)11-12-30-28(32)23-35-42(30)25-44-21-22-46(5,6)7;1-7-36(8-2)18-19-41-32-34-28-23-38(17-14-26(28)31(35-32)37-15-10-9-11-16-37)30-25(3)12-13-29-27(30)22-33-39(29)24-40-20-21-42(4,5)6/h8,11-12,23H,1,9-10,13-22,24-25H2,2-7H3;12-13,22H,7-11,14-21,23-24H2,1-6H3. The van der Waals surface area contributed by atoms with E-state index in [0.717, 1.165) is 150 Å². The predicted octanol–water partition coefficient (Wildman–Crippen LogP) is 10.3. The first kappa shape index (κ1) is 66.2. The molecule has 0 saturated carbocycles. The Balaban J connectivity index is 0.000000210. The van der Waals surface area contributed by atoms with E-state index < -0.39 is 16.1 Å². The molecule has 88 heavy (non-hydrogen) atoms. The van der Waals surface area contributed by atoms with Crippen molar-refractivity contribution in [2.24, 2.45) is 0 Å². The highest BCUT2D eigenvalue weighted by molar-refractivity contribution is 6.76. The van der Waals surface area contributed by atoms with E-state index in [-0.39, 0.29) is 5.91 Å². The van der Waals surface area contributed by atoms with Gasteiger partial charge in [-0.3, -0.25) is 4.79 Å². The average Bonchev–Trinajstić information content (AvgIpc) is 2.88. The van der Waals surface area contributed by atoms with Crippen molar-refractivity contribution in [3.63, 3.8) is 0 Å². The van der Waals surface area contributed by atoms with Gasteiger partial charge < -0.3 is 53.2 Å². The molecule has 0 aliphatic carbocycles. The van der Waals surface area contributed by atoms with Crippen molar-refractivity contribution in [1.29, 1.82) is 0 Å². The number of fused-ring (bicyclic) bond motifs is 4. The maximum Gasteiger partial charge on any atom is 0.318 e. The summed E-state index contributed by atoms with van der Waals surface area (Å²) in [4.78, 5) is 48.4. The number of carbonyl (C=O) groups is 1. The molecule has 6 aromatic rings. The third-order valence-electron chi connectivity index (χ3n) is 17.9. The first-order valence-electron chi connectivity index (χ1n) is 32.9. The number of rotatable bonds is 27. The third-order valence-corrected chi connectivity index (χ3v) is 21.3. The molecule has 1 amide bonds. The number of aromatic nitrogens is 8. The lowest BCUT2D eigenvalue weighted by Crippen LogP contribution is -2.49. The number of likely N-dealkylation sites (N-methyl/N-ethyl adjacent to an activating group) is 2. The van der Waals surface area contributed by atoms with E-state index in [1.807, 2.05) is 26.7 Å². The number of nitrogens with zero attached hydrogens (tertiary/aromatic N) is 15. The lowest BCUT2D eigenvalue weighted by Gasteiger charge is -2.38. The number of hydrogen-bond acceptors (Lipinski definition) is 17. The van der Waals surface area contributed by atoms with Gasteiger partial charge in [-0.2, -0.15) is 30.1 Å². The summed E-state index contributed by atoms with van der Waals surface area (Å²) in [5.74, 6) is 2.01. The van der Waals surface area contributed by atoms with Gasteiger partial charge in [0.1, 0.15) is 38.3 Å². The normalized spacial score (nSPS) is 15.7. The predicted molar refractivity (Wildman–Crippen MR) is 362 cm³/mol. The number of piperidine rings is 1. The van der Waals surface area contributed by atoms with Gasteiger partial charge in [0.25, 0.3) is 0 Å². The number of amides is 1. The molecule has 0 bridgehead atoms. The van der Waals surface area contributed by atoms with Crippen molar-refractivity contribution in [2.75, 3.05) is 138 Å². The van der Waals surface area contributed by atoms with Gasteiger partial charge in [0, 0.05) is 117 Å². The smallest absolute Gasteiger partial charge is 0.318 e. The fraction of sp³-hybridized carbons (Fsp3) is 0.621. The summed E-state index contributed by atoms with van der Waals surface area (Å²) in [6.07, 6.45) is 10.9. The zero-order chi connectivity index (χ0) is 62.5. The maximum absolute atomic E-state index is 12.2. The summed E-state index contributed by atoms with van der Waals surface area (Å²) in [6.45, 7) is 48.3. The van der Waals surface area contributed by atoms with E-state index in [0.29, 0.717) is 71.4 Å². The van der Waals surface area contributed by atoms with Crippen LogP contribution in [0.3, 0.4) is 0 Å². The van der Waals surface area contributed by atoms with Crippen molar-refractivity contribution < 1.29 is 23.7 Å². The lowest BCUT2D eigenvalue weighted by molar-refractivity contribution is -0.126. The second kappa shape index (κ2) is 30.6. The lowest BCUT2D eigenvalue weighted by atomic mass is 10.0. The number of aryl methyl sites for hydroxylation is 2. The molecule has 22 heteroatoms. The molecule has 10 rings (SSSR count). The highest BCUT2D eigenvalue weighted by Crippen LogP contribution is 2.39. The molecule has 0 spiro atoms. The van der Waals surface area contributed by atoms with Crippen LogP contribution in [0.15, 0.2) is 49.3 Å².